The first kappa shape index (κ1) is 17.5. The molecule has 0 unspecified atom stereocenters. The molecule has 0 saturated heterocycles. The Morgan fingerprint density at radius 1 is 1.07 bits per heavy atom. The van der Waals surface area contributed by atoms with Crippen molar-refractivity contribution in [3.8, 4) is 28.3 Å². The fourth-order valence-corrected chi connectivity index (χ4v) is 4.08. The normalized spacial score (nSPS) is 11.1. The van der Waals surface area contributed by atoms with E-state index in [0.29, 0.717) is 12.3 Å². The molecule has 0 bridgehead atoms. The van der Waals surface area contributed by atoms with Crippen LogP contribution in [-0.2, 0) is 0 Å². The standard InChI is InChI=1S/C22H20N2O2S/c1-4-26-18-9-7-16(8-10-18)20-13-27-22-23-21(19(12-25)24(20)22)17-6-5-14(2)15(3)11-17/h5-13H,4H2,1-3H3. The second-order valence-electron chi connectivity index (χ2n) is 6.46. The second-order valence-corrected chi connectivity index (χ2v) is 7.30. The third kappa shape index (κ3) is 3.04. The molecule has 4 rings (SSSR count). The van der Waals surface area contributed by atoms with Crippen molar-refractivity contribution in [1.29, 1.82) is 0 Å². The van der Waals surface area contributed by atoms with Crippen LogP contribution in [-0.4, -0.2) is 22.3 Å². The molecule has 0 fully saturated rings. The highest BCUT2D eigenvalue weighted by atomic mass is 32.1. The highest BCUT2D eigenvalue weighted by Crippen LogP contribution is 2.33. The molecule has 0 spiro atoms. The number of fused-ring (bicyclic) bond motifs is 1. The summed E-state index contributed by atoms with van der Waals surface area (Å²) >= 11 is 1.54. The van der Waals surface area contributed by atoms with Gasteiger partial charge in [-0.3, -0.25) is 9.20 Å². The minimum absolute atomic E-state index is 0.582. The topological polar surface area (TPSA) is 43.6 Å². The molecule has 0 aliphatic heterocycles. The summed E-state index contributed by atoms with van der Waals surface area (Å²) in [7, 11) is 0. The molecule has 5 heteroatoms. The molecule has 2 heterocycles. The number of aldehydes is 1. The Kier molecular flexibility index (Phi) is 4.54. The summed E-state index contributed by atoms with van der Waals surface area (Å²) in [4.78, 5) is 17.5. The molecule has 0 N–H and O–H groups in total. The number of ether oxygens (including phenoxy) is 1. The summed E-state index contributed by atoms with van der Waals surface area (Å²) in [6, 6.07) is 14.1. The Bertz CT molecular complexity index is 1120. The van der Waals surface area contributed by atoms with E-state index < -0.39 is 0 Å². The van der Waals surface area contributed by atoms with Crippen molar-refractivity contribution in [3.63, 3.8) is 0 Å². The van der Waals surface area contributed by atoms with Crippen molar-refractivity contribution in [2.24, 2.45) is 0 Å². The van der Waals surface area contributed by atoms with E-state index >= 15 is 0 Å². The van der Waals surface area contributed by atoms with Gasteiger partial charge in [0.1, 0.15) is 17.1 Å². The van der Waals surface area contributed by atoms with E-state index in [1.54, 1.807) is 0 Å². The quantitative estimate of drug-likeness (QED) is 0.428. The van der Waals surface area contributed by atoms with Gasteiger partial charge in [0, 0.05) is 10.9 Å². The lowest BCUT2D eigenvalue weighted by atomic mass is 10.0. The maximum Gasteiger partial charge on any atom is 0.195 e. The number of rotatable bonds is 5. The first-order valence-corrected chi connectivity index (χ1v) is 9.76. The summed E-state index contributed by atoms with van der Waals surface area (Å²) < 4.78 is 7.46. The summed E-state index contributed by atoms with van der Waals surface area (Å²) in [6.07, 6.45) is 0.898. The molecule has 2 aromatic heterocycles. The van der Waals surface area contributed by atoms with Crippen molar-refractivity contribution in [3.05, 3.63) is 64.7 Å². The molecule has 0 amide bonds. The summed E-state index contributed by atoms with van der Waals surface area (Å²) in [5, 5.41) is 2.04. The maximum atomic E-state index is 12.0. The summed E-state index contributed by atoms with van der Waals surface area (Å²) in [5.41, 5.74) is 6.67. The molecule has 136 valence electrons. The van der Waals surface area contributed by atoms with Crippen LogP contribution < -0.4 is 4.74 Å². The minimum Gasteiger partial charge on any atom is -0.494 e. The van der Waals surface area contributed by atoms with Crippen LogP contribution >= 0.6 is 11.3 Å². The molecule has 2 aromatic carbocycles. The molecule has 4 aromatic rings. The van der Waals surface area contributed by atoms with E-state index in [4.69, 9.17) is 9.72 Å². The summed E-state index contributed by atoms with van der Waals surface area (Å²) in [5.74, 6) is 0.838. The Labute approximate surface area is 162 Å². The van der Waals surface area contributed by atoms with Gasteiger partial charge < -0.3 is 4.74 Å². The van der Waals surface area contributed by atoms with Crippen LogP contribution in [0.25, 0.3) is 27.5 Å². The Balaban J connectivity index is 1.85. The van der Waals surface area contributed by atoms with Crippen LogP contribution in [0.15, 0.2) is 47.8 Å². The lowest BCUT2D eigenvalue weighted by Gasteiger charge is -2.06. The third-order valence-electron chi connectivity index (χ3n) is 4.75. The van der Waals surface area contributed by atoms with Crippen LogP contribution in [0.5, 0.6) is 5.75 Å². The fraction of sp³-hybridized carbons (Fsp3) is 0.182. The first-order chi connectivity index (χ1) is 13.1. The van der Waals surface area contributed by atoms with Gasteiger partial charge in [-0.05, 0) is 67.8 Å². The Morgan fingerprint density at radius 2 is 1.81 bits per heavy atom. The SMILES string of the molecule is CCOc1ccc(-c2csc3nc(-c4ccc(C)c(C)c4)c(C=O)n23)cc1. The van der Waals surface area contributed by atoms with E-state index in [9.17, 15) is 4.79 Å². The van der Waals surface area contributed by atoms with Crippen molar-refractivity contribution >= 4 is 22.6 Å². The molecule has 0 radical (unpaired) electrons. The number of hydrogen-bond acceptors (Lipinski definition) is 4. The van der Waals surface area contributed by atoms with E-state index in [-0.39, 0.29) is 0 Å². The van der Waals surface area contributed by atoms with Gasteiger partial charge in [0.15, 0.2) is 11.2 Å². The van der Waals surface area contributed by atoms with Crippen LogP contribution in [0.3, 0.4) is 0 Å². The highest BCUT2D eigenvalue weighted by molar-refractivity contribution is 7.15. The smallest absolute Gasteiger partial charge is 0.195 e. The minimum atomic E-state index is 0.582. The third-order valence-corrected chi connectivity index (χ3v) is 5.58. The lowest BCUT2D eigenvalue weighted by Crippen LogP contribution is -1.95. The average molecular weight is 376 g/mol. The maximum absolute atomic E-state index is 12.0. The second kappa shape index (κ2) is 7.00. The van der Waals surface area contributed by atoms with Crippen molar-refractivity contribution in [2.45, 2.75) is 20.8 Å². The number of benzene rings is 2. The number of imidazole rings is 1. The molecular formula is C22H20N2O2S. The van der Waals surface area contributed by atoms with Gasteiger partial charge in [0.05, 0.1) is 12.3 Å². The largest absolute Gasteiger partial charge is 0.494 e. The molecule has 4 nitrogen and oxygen atoms in total. The zero-order valence-electron chi connectivity index (χ0n) is 15.5. The molecule has 0 aliphatic carbocycles. The average Bonchev–Trinajstić information content (AvgIpc) is 3.24. The molecule has 0 atom stereocenters. The van der Waals surface area contributed by atoms with Gasteiger partial charge in [-0.25, -0.2) is 4.98 Å². The molecule has 0 aliphatic rings. The monoisotopic (exact) mass is 376 g/mol. The van der Waals surface area contributed by atoms with Crippen LogP contribution in [0.1, 0.15) is 28.5 Å². The number of carbonyl (C=O) groups excluding carboxylic acids is 1. The van der Waals surface area contributed by atoms with Crippen molar-refractivity contribution in [1.82, 2.24) is 9.38 Å². The van der Waals surface area contributed by atoms with E-state index in [2.05, 4.69) is 26.0 Å². The lowest BCUT2D eigenvalue weighted by molar-refractivity contribution is 0.111. The number of carbonyl (C=O) groups is 1. The van der Waals surface area contributed by atoms with E-state index in [0.717, 1.165) is 39.5 Å². The zero-order valence-corrected chi connectivity index (χ0v) is 16.3. The molecule has 0 saturated carbocycles. The van der Waals surface area contributed by atoms with Gasteiger partial charge in [0.25, 0.3) is 0 Å². The van der Waals surface area contributed by atoms with Gasteiger partial charge in [-0.2, -0.15) is 0 Å². The Hall–Kier alpha value is -2.92. The predicted octanol–water partition coefficient (Wildman–Crippen LogP) is 5.56. The number of aryl methyl sites for hydroxylation is 2. The van der Waals surface area contributed by atoms with Gasteiger partial charge >= 0.3 is 0 Å². The van der Waals surface area contributed by atoms with Crippen LogP contribution in [0.2, 0.25) is 0 Å². The van der Waals surface area contributed by atoms with Gasteiger partial charge in [-0.15, -0.1) is 11.3 Å². The zero-order chi connectivity index (χ0) is 19.0. The first-order valence-electron chi connectivity index (χ1n) is 8.88. The van der Waals surface area contributed by atoms with Crippen LogP contribution in [0.4, 0.5) is 0 Å². The van der Waals surface area contributed by atoms with E-state index in [1.807, 2.05) is 47.0 Å². The molecule has 27 heavy (non-hydrogen) atoms. The van der Waals surface area contributed by atoms with Crippen LogP contribution in [0, 0.1) is 13.8 Å². The number of thiazole rings is 1. The molecular weight excluding hydrogens is 356 g/mol. The van der Waals surface area contributed by atoms with Crippen molar-refractivity contribution < 1.29 is 9.53 Å². The van der Waals surface area contributed by atoms with Crippen molar-refractivity contribution in [2.75, 3.05) is 6.61 Å². The van der Waals surface area contributed by atoms with Gasteiger partial charge in [-0.1, -0.05) is 12.1 Å². The number of nitrogens with zero attached hydrogens (tertiary/aromatic N) is 2. The summed E-state index contributed by atoms with van der Waals surface area (Å²) in [6.45, 7) is 6.75. The Morgan fingerprint density at radius 3 is 2.48 bits per heavy atom. The van der Waals surface area contributed by atoms with E-state index in [1.165, 1.54) is 22.5 Å². The fourth-order valence-electron chi connectivity index (χ4n) is 3.18. The predicted molar refractivity (Wildman–Crippen MR) is 110 cm³/mol. The highest BCUT2D eigenvalue weighted by Gasteiger charge is 2.18. The number of aromatic nitrogens is 2. The van der Waals surface area contributed by atoms with Gasteiger partial charge in [0.2, 0.25) is 0 Å². The number of hydrogen-bond donors (Lipinski definition) is 0.